The fraction of sp³-hybridized carbons (Fsp3) is 0.0625. The van der Waals surface area contributed by atoms with Crippen molar-refractivity contribution in [3.05, 3.63) is 128 Å². The van der Waals surface area contributed by atoms with Crippen molar-refractivity contribution in [3.8, 4) is 33.4 Å². The molecule has 0 spiro atoms. The number of nitrogens with zero attached hydrogens (tertiary/aromatic N) is 1. The molecular formula is C32H8F20N+. The summed E-state index contributed by atoms with van der Waals surface area (Å²) in [6, 6.07) is -0.142. The van der Waals surface area contributed by atoms with E-state index in [9.17, 15) is 52.7 Å². The lowest BCUT2D eigenvalue weighted by Gasteiger charge is -2.33. The molecule has 0 unspecified atom stereocenters. The van der Waals surface area contributed by atoms with Gasteiger partial charge < -0.3 is 0 Å². The standard InChI is InChI=1S/C32H8F20N/c1-53(2,32-30(51)28(49)27(48)29(50)31(32)52)6-4-3-5(8-12(33)18(39)24(45)19(40)13(8)34)7(10-14(35)20(41)25(46)21(42)15(10)36)9(6)11-16(37)22(43)26(47)23(44)17(11)38/h3-4H,1-2H3/q+1. The van der Waals surface area contributed by atoms with Gasteiger partial charge >= 0.3 is 0 Å². The van der Waals surface area contributed by atoms with E-state index in [0.717, 1.165) is 0 Å². The molecule has 0 aliphatic heterocycles. The van der Waals surface area contributed by atoms with Gasteiger partial charge in [-0.05, 0) is 11.6 Å². The van der Waals surface area contributed by atoms with E-state index in [1.54, 1.807) is 0 Å². The summed E-state index contributed by atoms with van der Waals surface area (Å²) in [4.78, 5) is 0. The molecule has 0 radical (unpaired) electrons. The van der Waals surface area contributed by atoms with E-state index in [1.807, 2.05) is 0 Å². The van der Waals surface area contributed by atoms with Gasteiger partial charge in [0.05, 0.1) is 36.3 Å². The van der Waals surface area contributed by atoms with Crippen LogP contribution in [-0.4, -0.2) is 14.1 Å². The van der Waals surface area contributed by atoms with Gasteiger partial charge in [-0.1, -0.05) is 0 Å². The summed E-state index contributed by atoms with van der Waals surface area (Å²) in [6.07, 6.45) is 0. The molecule has 21 heteroatoms. The molecule has 0 heterocycles. The van der Waals surface area contributed by atoms with Crippen molar-refractivity contribution in [2.75, 3.05) is 14.1 Å². The first-order valence-corrected chi connectivity index (χ1v) is 13.5. The molecule has 0 atom stereocenters. The molecular weight excluding hydrogens is 778 g/mol. The van der Waals surface area contributed by atoms with E-state index < -0.39 is 166 Å². The van der Waals surface area contributed by atoms with Crippen LogP contribution in [0.1, 0.15) is 0 Å². The van der Waals surface area contributed by atoms with Crippen molar-refractivity contribution in [2.45, 2.75) is 0 Å². The van der Waals surface area contributed by atoms with Gasteiger partial charge in [0.25, 0.3) is 0 Å². The van der Waals surface area contributed by atoms with Crippen molar-refractivity contribution < 1.29 is 87.8 Å². The molecule has 0 bridgehead atoms. The van der Waals surface area contributed by atoms with Crippen molar-refractivity contribution >= 4 is 11.4 Å². The maximum absolute atomic E-state index is 15.6. The van der Waals surface area contributed by atoms with Gasteiger partial charge in [-0.25, -0.2) is 79.0 Å². The molecule has 5 aromatic rings. The lowest BCUT2D eigenvalue weighted by molar-refractivity contribution is 0.359. The normalized spacial score (nSPS) is 12.0. The monoisotopic (exact) mass is 786 g/mol. The Labute approximate surface area is 280 Å². The summed E-state index contributed by atoms with van der Waals surface area (Å²) in [5, 5.41) is 0. The van der Waals surface area contributed by atoms with Crippen molar-refractivity contribution in [1.29, 1.82) is 0 Å². The summed E-state index contributed by atoms with van der Waals surface area (Å²) in [6.45, 7) is 0. The molecule has 53 heavy (non-hydrogen) atoms. The Bertz CT molecular complexity index is 2320. The molecule has 0 saturated carbocycles. The van der Waals surface area contributed by atoms with Gasteiger partial charge in [0, 0.05) is 11.6 Å². The zero-order valence-corrected chi connectivity index (χ0v) is 25.2. The predicted molar refractivity (Wildman–Crippen MR) is 142 cm³/mol. The fourth-order valence-electron chi connectivity index (χ4n) is 5.47. The largest absolute Gasteiger partial charge is 0.258 e. The molecule has 5 rings (SSSR count). The highest BCUT2D eigenvalue weighted by Gasteiger charge is 2.44. The lowest BCUT2D eigenvalue weighted by Crippen LogP contribution is -2.38. The van der Waals surface area contributed by atoms with E-state index >= 15 is 35.1 Å². The zero-order valence-electron chi connectivity index (χ0n) is 25.2. The van der Waals surface area contributed by atoms with Crippen LogP contribution in [0.5, 0.6) is 0 Å². The van der Waals surface area contributed by atoms with Gasteiger partial charge in [0.2, 0.25) is 52.2 Å². The summed E-state index contributed by atoms with van der Waals surface area (Å²) in [7, 11) is 0.563. The van der Waals surface area contributed by atoms with Gasteiger partial charge in [-0.3, -0.25) is 4.48 Å². The Balaban J connectivity index is 2.24. The Hall–Kier alpha value is -5.34. The molecule has 0 fully saturated rings. The highest BCUT2D eigenvalue weighted by molar-refractivity contribution is 6.01. The molecule has 0 aliphatic carbocycles. The minimum absolute atomic E-state index is 0.0195. The summed E-state index contributed by atoms with van der Waals surface area (Å²) in [5.41, 5.74) is -18.3. The average Bonchev–Trinajstić information content (AvgIpc) is 3.12. The minimum Gasteiger partial charge on any atom is -0.258 e. The van der Waals surface area contributed by atoms with Gasteiger partial charge in [0.15, 0.2) is 69.8 Å². The maximum Gasteiger partial charge on any atom is 0.226 e. The van der Waals surface area contributed by atoms with Crippen molar-refractivity contribution in [3.63, 3.8) is 0 Å². The van der Waals surface area contributed by atoms with Crippen LogP contribution in [0.15, 0.2) is 12.1 Å². The Kier molecular flexibility index (Phi) is 9.50. The fourth-order valence-corrected chi connectivity index (χ4v) is 5.47. The smallest absolute Gasteiger partial charge is 0.226 e. The second-order valence-electron chi connectivity index (χ2n) is 11.1. The van der Waals surface area contributed by atoms with Crippen LogP contribution >= 0.6 is 0 Å². The van der Waals surface area contributed by atoms with Crippen LogP contribution in [0, 0.1) is 116 Å². The SMILES string of the molecule is C[N+](C)(c1ccc(-c2c(F)c(F)c(F)c(F)c2F)c(-c2c(F)c(F)c(F)c(F)c2F)c1-c1c(F)c(F)c(F)c(F)c1F)c1c(F)c(F)c(F)c(F)c1F. The van der Waals surface area contributed by atoms with Crippen molar-refractivity contribution in [1.82, 2.24) is 4.48 Å². The van der Waals surface area contributed by atoms with Crippen LogP contribution in [0.3, 0.4) is 0 Å². The van der Waals surface area contributed by atoms with E-state index in [2.05, 4.69) is 0 Å². The highest BCUT2D eigenvalue weighted by Crippen LogP contribution is 2.53. The number of rotatable bonds is 5. The average molecular weight is 786 g/mol. The molecule has 0 saturated heterocycles. The number of hydrogen-bond donors (Lipinski definition) is 0. The summed E-state index contributed by atoms with van der Waals surface area (Å²) >= 11 is 0. The first-order valence-electron chi connectivity index (χ1n) is 13.5. The van der Waals surface area contributed by atoms with Crippen LogP contribution in [-0.2, 0) is 0 Å². The Morgan fingerprint density at radius 1 is 0.264 bits per heavy atom. The maximum atomic E-state index is 15.6. The van der Waals surface area contributed by atoms with Crippen molar-refractivity contribution in [2.24, 2.45) is 0 Å². The molecule has 1 nitrogen and oxygen atoms in total. The molecule has 0 aromatic heterocycles. The second-order valence-corrected chi connectivity index (χ2v) is 11.1. The number of benzene rings is 5. The Morgan fingerprint density at radius 3 is 0.830 bits per heavy atom. The second kappa shape index (κ2) is 13.0. The van der Waals surface area contributed by atoms with E-state index in [4.69, 9.17) is 0 Å². The first-order chi connectivity index (χ1) is 24.4. The van der Waals surface area contributed by atoms with Crippen LogP contribution in [0.4, 0.5) is 99.2 Å². The molecule has 5 aromatic carbocycles. The number of quaternary nitrogens is 1. The van der Waals surface area contributed by atoms with Gasteiger partial charge in [-0.2, -0.15) is 8.78 Å². The molecule has 0 amide bonds. The van der Waals surface area contributed by atoms with E-state index in [1.165, 1.54) is 0 Å². The quantitative estimate of drug-likeness (QED) is 0.0721. The summed E-state index contributed by atoms with van der Waals surface area (Å²) in [5.74, 6) is -59.6. The Morgan fingerprint density at radius 2 is 0.509 bits per heavy atom. The van der Waals surface area contributed by atoms with Crippen LogP contribution < -0.4 is 4.48 Å². The number of hydrogen-bond acceptors (Lipinski definition) is 0. The highest BCUT2D eigenvalue weighted by atomic mass is 19.2. The third kappa shape index (κ3) is 5.37. The van der Waals surface area contributed by atoms with Gasteiger partial charge in [-0.15, -0.1) is 0 Å². The van der Waals surface area contributed by atoms with Crippen LogP contribution in [0.25, 0.3) is 33.4 Å². The van der Waals surface area contributed by atoms with E-state index in [0.29, 0.717) is 0 Å². The predicted octanol–water partition coefficient (Wildman–Crippen LogP) is 11.4. The third-order valence-electron chi connectivity index (χ3n) is 7.93. The van der Waals surface area contributed by atoms with E-state index in [-0.39, 0.29) is 26.2 Å². The topological polar surface area (TPSA) is 0 Å². The lowest BCUT2D eigenvalue weighted by atomic mass is 9.84. The van der Waals surface area contributed by atoms with Crippen LogP contribution in [0.2, 0.25) is 0 Å². The molecule has 280 valence electrons. The molecule has 0 aliphatic rings. The summed E-state index contributed by atoms with van der Waals surface area (Å²) < 4.78 is 294. The third-order valence-corrected chi connectivity index (χ3v) is 7.93. The minimum atomic E-state index is -3.11. The first kappa shape index (κ1) is 38.9. The molecule has 0 N–H and O–H groups in total. The zero-order chi connectivity index (χ0) is 40.1. The van der Waals surface area contributed by atoms with Gasteiger partial charge in [0.1, 0.15) is 5.69 Å². The number of halogens is 20.